The van der Waals surface area contributed by atoms with E-state index < -0.39 is 6.36 Å². The van der Waals surface area contributed by atoms with Crippen LogP contribution in [-0.4, -0.2) is 17.3 Å². The van der Waals surface area contributed by atoms with Crippen molar-refractivity contribution in [3.63, 3.8) is 0 Å². The van der Waals surface area contributed by atoms with Gasteiger partial charge in [0.15, 0.2) is 5.13 Å². The number of ether oxygens (including phenoxy) is 1. The summed E-state index contributed by atoms with van der Waals surface area (Å²) < 4.78 is 41.4. The molecule has 3 rings (SSSR count). The van der Waals surface area contributed by atoms with E-state index in [0.29, 0.717) is 15.3 Å². The maximum atomic E-state index is 12.7. The molecule has 2 aromatic rings. The predicted octanol–water partition coefficient (Wildman–Crippen LogP) is 5.60. The van der Waals surface area contributed by atoms with Crippen molar-refractivity contribution in [3.8, 4) is 5.75 Å². The minimum Gasteiger partial charge on any atom is -0.406 e. The van der Waals surface area contributed by atoms with Crippen LogP contribution in [0.15, 0.2) is 18.2 Å². The van der Waals surface area contributed by atoms with E-state index in [1.54, 1.807) is 0 Å². The second-order valence-electron chi connectivity index (χ2n) is 7.46. The molecule has 0 radical (unpaired) electrons. The first-order valence-electron chi connectivity index (χ1n) is 8.52. The van der Waals surface area contributed by atoms with Gasteiger partial charge >= 0.3 is 6.36 Å². The summed E-state index contributed by atoms with van der Waals surface area (Å²) in [5, 5.41) is 3.24. The van der Waals surface area contributed by atoms with Gasteiger partial charge < -0.3 is 10.1 Å². The Morgan fingerprint density at radius 2 is 2.12 bits per heavy atom. The monoisotopic (exact) mass is 386 g/mol. The molecule has 0 aliphatic heterocycles. The third kappa shape index (κ3) is 4.11. The number of alkyl halides is 3. The Hall–Kier alpha value is -1.83. The van der Waals surface area contributed by atoms with Crippen LogP contribution in [0.3, 0.4) is 0 Å². The molecule has 2 unspecified atom stereocenters. The quantitative estimate of drug-likeness (QED) is 0.747. The Bertz CT molecular complexity index is 816. The van der Waals surface area contributed by atoms with E-state index in [0.717, 1.165) is 30.6 Å². The molecule has 2 atom stereocenters. The molecule has 1 aromatic heterocycles. The summed E-state index contributed by atoms with van der Waals surface area (Å²) in [7, 11) is 0. The van der Waals surface area contributed by atoms with Crippen LogP contribution in [0.1, 0.15) is 40.0 Å². The number of hydrogen-bond donors (Lipinski definition) is 1. The van der Waals surface area contributed by atoms with Crippen molar-refractivity contribution in [2.24, 2.45) is 17.3 Å². The van der Waals surface area contributed by atoms with E-state index in [4.69, 9.17) is 0 Å². The lowest BCUT2D eigenvalue weighted by atomic mass is 9.64. The summed E-state index contributed by atoms with van der Waals surface area (Å²) in [6.07, 6.45) is -1.79. The molecule has 8 heteroatoms. The lowest BCUT2D eigenvalue weighted by Crippen LogP contribution is -2.39. The molecule has 0 bridgehead atoms. The van der Waals surface area contributed by atoms with Crippen molar-refractivity contribution < 1.29 is 22.7 Å². The van der Waals surface area contributed by atoms with Crippen LogP contribution < -0.4 is 10.1 Å². The Morgan fingerprint density at radius 1 is 1.38 bits per heavy atom. The highest BCUT2D eigenvalue weighted by molar-refractivity contribution is 7.22. The molecule has 4 nitrogen and oxygen atoms in total. The molecule has 1 aliphatic carbocycles. The van der Waals surface area contributed by atoms with Gasteiger partial charge in [-0.1, -0.05) is 38.5 Å². The number of nitrogens with zero attached hydrogens (tertiary/aromatic N) is 1. The number of anilines is 1. The molecule has 1 N–H and O–H groups in total. The van der Waals surface area contributed by atoms with E-state index in [9.17, 15) is 18.0 Å². The van der Waals surface area contributed by atoms with Crippen LogP contribution in [0.5, 0.6) is 5.75 Å². The summed E-state index contributed by atoms with van der Waals surface area (Å²) in [5.41, 5.74) is 0.634. The smallest absolute Gasteiger partial charge is 0.406 e. The number of carbonyl (C=O) groups excluding carboxylic acids is 1. The van der Waals surface area contributed by atoms with Crippen LogP contribution in [0.2, 0.25) is 0 Å². The number of amides is 1. The van der Waals surface area contributed by atoms with E-state index in [1.807, 2.05) is 0 Å². The summed E-state index contributed by atoms with van der Waals surface area (Å²) >= 11 is 1.14. The lowest BCUT2D eigenvalue weighted by molar-refractivity contribution is -0.274. The molecule has 1 aromatic carbocycles. The summed E-state index contributed by atoms with van der Waals surface area (Å²) in [6, 6.07) is 3.95. The van der Waals surface area contributed by atoms with Gasteiger partial charge in [-0.25, -0.2) is 4.98 Å². The molecule has 1 fully saturated rings. The van der Waals surface area contributed by atoms with E-state index in [-0.39, 0.29) is 28.9 Å². The highest BCUT2D eigenvalue weighted by Crippen LogP contribution is 2.44. The van der Waals surface area contributed by atoms with Crippen LogP contribution in [0.4, 0.5) is 18.3 Å². The highest BCUT2D eigenvalue weighted by atomic mass is 32.1. The molecule has 1 amide bonds. The zero-order valence-electron chi connectivity index (χ0n) is 14.8. The summed E-state index contributed by atoms with van der Waals surface area (Å²) in [4.78, 5) is 17.0. The Balaban J connectivity index is 1.75. The van der Waals surface area contributed by atoms with Gasteiger partial charge in [-0.15, -0.1) is 13.2 Å². The maximum Gasteiger partial charge on any atom is 0.573 e. The topological polar surface area (TPSA) is 51.2 Å². The van der Waals surface area contributed by atoms with Crippen molar-refractivity contribution in [3.05, 3.63) is 18.2 Å². The summed E-state index contributed by atoms with van der Waals surface area (Å²) in [5.74, 6) is -0.211. The van der Waals surface area contributed by atoms with Gasteiger partial charge in [0, 0.05) is 12.0 Å². The Labute approximate surface area is 153 Å². The number of nitrogens with one attached hydrogen (secondary N) is 1. The second-order valence-corrected chi connectivity index (χ2v) is 8.49. The molecule has 0 saturated heterocycles. The number of halogens is 3. The average molecular weight is 386 g/mol. The average Bonchev–Trinajstić information content (AvgIpc) is 2.89. The zero-order chi connectivity index (χ0) is 19.1. The van der Waals surface area contributed by atoms with Crippen LogP contribution in [0.25, 0.3) is 10.2 Å². The molecule has 142 valence electrons. The number of rotatable bonds is 3. The molecule has 1 saturated carbocycles. The van der Waals surface area contributed by atoms with Crippen LogP contribution in [-0.2, 0) is 4.79 Å². The van der Waals surface area contributed by atoms with Gasteiger partial charge in [-0.3, -0.25) is 4.79 Å². The number of thiazole rings is 1. The normalized spacial score (nSPS) is 23.0. The van der Waals surface area contributed by atoms with Crippen molar-refractivity contribution in [2.45, 2.75) is 46.4 Å². The van der Waals surface area contributed by atoms with Crippen molar-refractivity contribution in [2.75, 3.05) is 5.32 Å². The number of aromatic nitrogens is 1. The molecule has 1 heterocycles. The van der Waals surface area contributed by atoms with Gasteiger partial charge in [-0.2, -0.15) is 0 Å². The lowest BCUT2D eigenvalue weighted by Gasteiger charge is -2.41. The van der Waals surface area contributed by atoms with Gasteiger partial charge in [0.1, 0.15) is 5.75 Å². The molecular weight excluding hydrogens is 365 g/mol. The van der Waals surface area contributed by atoms with Gasteiger partial charge in [-0.05, 0) is 36.3 Å². The van der Waals surface area contributed by atoms with Crippen molar-refractivity contribution in [1.82, 2.24) is 4.98 Å². The van der Waals surface area contributed by atoms with E-state index in [2.05, 4.69) is 35.8 Å². The number of benzene rings is 1. The first-order chi connectivity index (χ1) is 12.0. The fourth-order valence-corrected chi connectivity index (χ4v) is 4.41. The number of hydrogen-bond acceptors (Lipinski definition) is 4. The van der Waals surface area contributed by atoms with Crippen LogP contribution in [0, 0.1) is 17.3 Å². The fourth-order valence-electron chi connectivity index (χ4n) is 3.51. The highest BCUT2D eigenvalue weighted by Gasteiger charge is 2.39. The minimum atomic E-state index is -4.74. The summed E-state index contributed by atoms with van der Waals surface area (Å²) in [6.45, 7) is 6.45. The fraction of sp³-hybridized carbons (Fsp3) is 0.556. The SMILES string of the molecule is CC1C(C(=O)Nc2nc3ccc(OC(F)(F)F)cc3s2)CCCC1(C)C. The third-order valence-corrected chi connectivity index (χ3v) is 6.27. The Morgan fingerprint density at radius 3 is 2.81 bits per heavy atom. The third-order valence-electron chi connectivity index (χ3n) is 5.33. The van der Waals surface area contributed by atoms with Gasteiger partial charge in [0.25, 0.3) is 0 Å². The van der Waals surface area contributed by atoms with Gasteiger partial charge in [0.2, 0.25) is 5.91 Å². The number of carbonyl (C=O) groups is 1. The predicted molar refractivity (Wildman–Crippen MR) is 95.2 cm³/mol. The molecule has 26 heavy (non-hydrogen) atoms. The van der Waals surface area contributed by atoms with E-state index in [1.165, 1.54) is 18.2 Å². The largest absolute Gasteiger partial charge is 0.573 e. The first-order valence-corrected chi connectivity index (χ1v) is 9.34. The standard InChI is InChI=1S/C18H21F3N2O2S/c1-10-12(5-4-8-17(10,2)3)15(24)23-16-22-13-7-6-11(9-14(13)26-16)25-18(19,20)21/h6-7,9-10,12H,4-5,8H2,1-3H3,(H,22,23,24). The maximum absolute atomic E-state index is 12.7. The molecular formula is C18H21F3N2O2S. The minimum absolute atomic E-state index is 0.0731. The van der Waals surface area contributed by atoms with Crippen molar-refractivity contribution in [1.29, 1.82) is 0 Å². The first kappa shape index (κ1) is 18.9. The second kappa shape index (κ2) is 6.72. The number of fused-ring (bicyclic) bond motifs is 1. The molecule has 0 spiro atoms. The van der Waals surface area contributed by atoms with E-state index >= 15 is 0 Å². The van der Waals surface area contributed by atoms with Gasteiger partial charge in [0.05, 0.1) is 10.2 Å². The van der Waals surface area contributed by atoms with Crippen LogP contribution >= 0.6 is 11.3 Å². The zero-order valence-corrected chi connectivity index (χ0v) is 15.6. The van der Waals surface area contributed by atoms with Crippen molar-refractivity contribution >= 4 is 32.6 Å². The molecule has 1 aliphatic rings. The Kier molecular flexibility index (Phi) is 4.90.